The van der Waals surface area contributed by atoms with Gasteiger partial charge in [-0.3, -0.25) is 4.90 Å². The molecule has 8 heteroatoms. The van der Waals surface area contributed by atoms with Crippen molar-refractivity contribution in [1.82, 2.24) is 5.32 Å². The molecule has 0 radical (unpaired) electrons. The molecule has 0 aliphatic carbocycles. The Morgan fingerprint density at radius 3 is 2.81 bits per heavy atom. The van der Waals surface area contributed by atoms with Gasteiger partial charge in [0.2, 0.25) is 0 Å². The third-order valence-electron chi connectivity index (χ3n) is 3.47. The summed E-state index contributed by atoms with van der Waals surface area (Å²) in [5.41, 5.74) is 1.15. The van der Waals surface area contributed by atoms with Gasteiger partial charge in [-0.05, 0) is 39.0 Å². The van der Waals surface area contributed by atoms with E-state index in [1.54, 1.807) is 46.0 Å². The SMILES string of the molecule is CN1C(=O)OCc2cc(OCC(=CF)CNC(=O)OC(C)(C)C)ccc21. The fraction of sp³-hybridized carbons (Fsp3) is 0.444. The zero-order valence-electron chi connectivity index (χ0n) is 15.3. The number of alkyl carbamates (subject to hydrolysis) is 1. The van der Waals surface area contributed by atoms with Crippen LogP contribution in [-0.2, 0) is 16.1 Å². The van der Waals surface area contributed by atoms with Gasteiger partial charge >= 0.3 is 12.2 Å². The zero-order chi connectivity index (χ0) is 19.3. The quantitative estimate of drug-likeness (QED) is 0.863. The summed E-state index contributed by atoms with van der Waals surface area (Å²) in [4.78, 5) is 24.5. The molecule has 1 aliphatic heterocycles. The summed E-state index contributed by atoms with van der Waals surface area (Å²) in [6, 6.07) is 5.16. The maximum atomic E-state index is 13.0. The number of rotatable bonds is 5. The molecule has 1 aromatic rings. The second-order valence-corrected chi connectivity index (χ2v) is 6.82. The van der Waals surface area contributed by atoms with Crippen molar-refractivity contribution in [3.8, 4) is 5.75 Å². The number of carbonyl (C=O) groups excluding carboxylic acids is 2. The number of cyclic esters (lactones) is 1. The van der Waals surface area contributed by atoms with Crippen LogP contribution >= 0.6 is 0 Å². The summed E-state index contributed by atoms with van der Waals surface area (Å²) in [5.74, 6) is 0.506. The van der Waals surface area contributed by atoms with Gasteiger partial charge in [-0.25, -0.2) is 14.0 Å². The van der Waals surface area contributed by atoms with Crippen LogP contribution in [0.4, 0.5) is 19.7 Å². The lowest BCUT2D eigenvalue weighted by Gasteiger charge is -2.25. The van der Waals surface area contributed by atoms with E-state index in [1.807, 2.05) is 0 Å². The largest absolute Gasteiger partial charge is 0.489 e. The Morgan fingerprint density at radius 1 is 1.42 bits per heavy atom. The molecule has 1 N–H and O–H groups in total. The molecule has 2 rings (SSSR count). The van der Waals surface area contributed by atoms with Gasteiger partial charge in [0.05, 0.1) is 12.0 Å². The van der Waals surface area contributed by atoms with Gasteiger partial charge < -0.3 is 19.5 Å². The molecule has 142 valence electrons. The second-order valence-electron chi connectivity index (χ2n) is 6.82. The molecule has 0 aromatic heterocycles. The molecule has 0 saturated heterocycles. The van der Waals surface area contributed by atoms with Crippen LogP contribution in [0.2, 0.25) is 0 Å². The number of nitrogens with zero attached hydrogens (tertiary/aromatic N) is 1. The average molecular weight is 366 g/mol. The van der Waals surface area contributed by atoms with E-state index in [1.165, 1.54) is 4.90 Å². The number of benzene rings is 1. The molecule has 1 aromatic carbocycles. The standard InChI is InChI=1S/C18H23FN2O5/c1-18(2,3)26-16(22)20-9-12(8-19)10-24-14-5-6-15-13(7-14)11-25-17(23)21(15)4/h5-8H,9-11H2,1-4H3,(H,20,22). The normalized spacial score (nSPS) is 14.4. The van der Waals surface area contributed by atoms with Gasteiger partial charge in [-0.1, -0.05) is 0 Å². The summed E-state index contributed by atoms with van der Waals surface area (Å²) >= 11 is 0. The molecule has 0 atom stereocenters. The van der Waals surface area contributed by atoms with Gasteiger partial charge in [0.15, 0.2) is 0 Å². The Bertz CT molecular complexity index is 712. The van der Waals surface area contributed by atoms with Crippen molar-refractivity contribution >= 4 is 17.9 Å². The summed E-state index contributed by atoms with van der Waals surface area (Å²) in [6.07, 6.45) is -0.650. The van der Waals surface area contributed by atoms with Gasteiger partial charge in [0, 0.05) is 24.7 Å². The lowest BCUT2D eigenvalue weighted by atomic mass is 10.1. The van der Waals surface area contributed by atoms with Crippen LogP contribution in [0.1, 0.15) is 26.3 Å². The van der Waals surface area contributed by atoms with Gasteiger partial charge in [-0.2, -0.15) is 0 Å². The summed E-state index contributed by atoms with van der Waals surface area (Å²) < 4.78 is 28.7. The first kappa shape index (κ1) is 19.6. The van der Waals surface area contributed by atoms with Crippen LogP contribution < -0.4 is 15.0 Å². The average Bonchev–Trinajstić information content (AvgIpc) is 2.57. The van der Waals surface area contributed by atoms with Gasteiger partial charge in [-0.15, -0.1) is 0 Å². The highest BCUT2D eigenvalue weighted by atomic mass is 19.1. The van der Waals surface area contributed by atoms with Crippen LogP contribution in [0.25, 0.3) is 0 Å². The minimum Gasteiger partial charge on any atom is -0.489 e. The molecule has 0 unspecified atom stereocenters. The van der Waals surface area contributed by atoms with Crippen LogP contribution in [0, 0.1) is 0 Å². The smallest absolute Gasteiger partial charge is 0.414 e. The van der Waals surface area contributed by atoms with E-state index in [4.69, 9.17) is 14.2 Å². The molecule has 0 spiro atoms. The maximum Gasteiger partial charge on any atom is 0.414 e. The summed E-state index contributed by atoms with van der Waals surface area (Å²) in [6.45, 7) is 5.31. The molecular formula is C18H23FN2O5. The zero-order valence-corrected chi connectivity index (χ0v) is 15.3. The predicted octanol–water partition coefficient (Wildman–Crippen LogP) is 3.53. The minimum absolute atomic E-state index is 0.0310. The van der Waals surface area contributed by atoms with Crippen LogP contribution in [0.5, 0.6) is 5.75 Å². The third kappa shape index (κ3) is 5.37. The number of anilines is 1. The van der Waals surface area contributed by atoms with E-state index in [-0.39, 0.29) is 25.3 Å². The molecule has 0 saturated carbocycles. The Labute approximate surface area is 151 Å². The predicted molar refractivity (Wildman–Crippen MR) is 94.0 cm³/mol. The number of carbonyl (C=O) groups is 2. The third-order valence-corrected chi connectivity index (χ3v) is 3.47. The first-order chi connectivity index (χ1) is 12.2. The summed E-state index contributed by atoms with van der Waals surface area (Å²) in [7, 11) is 1.62. The first-order valence-electron chi connectivity index (χ1n) is 8.11. The van der Waals surface area contributed by atoms with E-state index in [0.717, 1.165) is 11.3 Å². The molecule has 0 bridgehead atoms. The lowest BCUT2D eigenvalue weighted by molar-refractivity contribution is 0.0531. The lowest BCUT2D eigenvalue weighted by Crippen LogP contribution is -2.34. The van der Waals surface area contributed by atoms with Gasteiger partial charge in [0.25, 0.3) is 0 Å². The Hall–Kier alpha value is -2.77. The Morgan fingerprint density at radius 2 is 2.15 bits per heavy atom. The van der Waals surface area contributed by atoms with Crippen molar-refractivity contribution in [3.63, 3.8) is 0 Å². The maximum absolute atomic E-state index is 13.0. The number of amides is 2. The number of halogens is 1. The highest BCUT2D eigenvalue weighted by molar-refractivity contribution is 5.89. The number of nitrogens with one attached hydrogen (secondary N) is 1. The van der Waals surface area contributed by atoms with E-state index in [2.05, 4.69) is 5.32 Å². The molecule has 26 heavy (non-hydrogen) atoms. The van der Waals surface area contributed by atoms with Crippen LogP contribution in [0.3, 0.4) is 0 Å². The van der Waals surface area contributed by atoms with Crippen molar-refractivity contribution < 1.29 is 28.2 Å². The molecule has 1 aliphatic rings. The highest BCUT2D eigenvalue weighted by Crippen LogP contribution is 2.29. The second kappa shape index (κ2) is 8.07. The van der Waals surface area contributed by atoms with E-state index in [0.29, 0.717) is 12.1 Å². The Kier molecular flexibility index (Phi) is 6.07. The fourth-order valence-corrected chi connectivity index (χ4v) is 2.23. The molecule has 1 heterocycles. The van der Waals surface area contributed by atoms with E-state index < -0.39 is 17.8 Å². The number of hydrogen-bond acceptors (Lipinski definition) is 5. The van der Waals surface area contributed by atoms with Crippen molar-refractivity contribution in [2.75, 3.05) is 25.1 Å². The van der Waals surface area contributed by atoms with Crippen LogP contribution in [-0.4, -0.2) is 38.0 Å². The molecule has 2 amide bonds. The molecule has 0 fully saturated rings. The Balaban J connectivity index is 1.89. The highest BCUT2D eigenvalue weighted by Gasteiger charge is 2.22. The van der Waals surface area contributed by atoms with Crippen LogP contribution in [0.15, 0.2) is 30.1 Å². The van der Waals surface area contributed by atoms with Crippen molar-refractivity contribution in [1.29, 1.82) is 0 Å². The number of ether oxygens (including phenoxy) is 3. The minimum atomic E-state index is -0.629. The fourth-order valence-electron chi connectivity index (χ4n) is 2.23. The number of hydrogen-bond donors (Lipinski definition) is 1. The molecular weight excluding hydrogens is 343 g/mol. The molecule has 7 nitrogen and oxygen atoms in total. The van der Waals surface area contributed by atoms with Crippen molar-refractivity contribution in [2.24, 2.45) is 0 Å². The van der Waals surface area contributed by atoms with Crippen molar-refractivity contribution in [2.45, 2.75) is 33.0 Å². The van der Waals surface area contributed by atoms with E-state index >= 15 is 0 Å². The summed E-state index contributed by atoms with van der Waals surface area (Å²) in [5, 5.41) is 2.47. The van der Waals surface area contributed by atoms with E-state index in [9.17, 15) is 14.0 Å². The van der Waals surface area contributed by atoms with Crippen molar-refractivity contribution in [3.05, 3.63) is 35.7 Å². The van der Waals surface area contributed by atoms with Gasteiger partial charge in [0.1, 0.15) is 24.6 Å². The first-order valence-corrected chi connectivity index (χ1v) is 8.11. The number of fused-ring (bicyclic) bond motifs is 1. The monoisotopic (exact) mass is 366 g/mol. The topological polar surface area (TPSA) is 77.1 Å².